The highest BCUT2D eigenvalue weighted by Gasteiger charge is 2.23. The Labute approximate surface area is 106 Å². The zero-order valence-corrected chi connectivity index (χ0v) is 11.6. The third-order valence-electron chi connectivity index (χ3n) is 2.65. The van der Waals surface area contributed by atoms with E-state index in [-0.39, 0.29) is 5.54 Å². The monoisotopic (exact) mass is 252 g/mol. The van der Waals surface area contributed by atoms with E-state index in [0.717, 1.165) is 16.9 Å². The van der Waals surface area contributed by atoms with Crippen molar-refractivity contribution in [2.75, 3.05) is 0 Å². The lowest BCUT2D eigenvalue weighted by Gasteiger charge is -2.22. The van der Waals surface area contributed by atoms with Gasteiger partial charge in [-0.1, -0.05) is 13.8 Å². The van der Waals surface area contributed by atoms with Crippen molar-refractivity contribution in [1.29, 1.82) is 0 Å². The van der Waals surface area contributed by atoms with E-state index in [0.29, 0.717) is 11.2 Å². The van der Waals surface area contributed by atoms with Crippen molar-refractivity contribution in [3.05, 3.63) is 17.3 Å². The van der Waals surface area contributed by atoms with Crippen LogP contribution in [0.2, 0.25) is 5.28 Å². The zero-order valence-electron chi connectivity index (χ0n) is 10.8. The van der Waals surface area contributed by atoms with Gasteiger partial charge in [0.2, 0.25) is 5.28 Å². The highest BCUT2D eigenvalue weighted by atomic mass is 35.5. The highest BCUT2D eigenvalue weighted by Crippen LogP contribution is 2.29. The van der Waals surface area contributed by atoms with Crippen LogP contribution in [-0.2, 0) is 5.54 Å². The Morgan fingerprint density at radius 3 is 2.41 bits per heavy atom. The first kappa shape index (κ1) is 12.3. The molecule has 0 aliphatic heterocycles. The minimum atomic E-state index is -0.144. The first-order valence-corrected chi connectivity index (χ1v) is 6.09. The van der Waals surface area contributed by atoms with Crippen LogP contribution in [0, 0.1) is 0 Å². The number of nitrogens with zero attached hydrogens (tertiary/aromatic N) is 4. The summed E-state index contributed by atoms with van der Waals surface area (Å²) < 4.78 is 1.94. The summed E-state index contributed by atoms with van der Waals surface area (Å²) in [5, 5.41) is 0.468. The fourth-order valence-electron chi connectivity index (χ4n) is 1.90. The summed E-state index contributed by atoms with van der Waals surface area (Å²) in [5.74, 6) is 0.305. The van der Waals surface area contributed by atoms with Gasteiger partial charge in [0.15, 0.2) is 5.65 Å². The predicted octanol–water partition coefficient (Wildman–Crippen LogP) is 3.36. The second-order valence-corrected chi connectivity index (χ2v) is 5.81. The molecule has 92 valence electrons. The van der Waals surface area contributed by atoms with E-state index in [9.17, 15) is 0 Å². The number of aromatic nitrogens is 4. The normalized spacial score (nSPS) is 12.6. The molecule has 4 nitrogen and oxygen atoms in total. The van der Waals surface area contributed by atoms with Crippen LogP contribution in [0.15, 0.2) is 6.33 Å². The van der Waals surface area contributed by atoms with E-state index in [4.69, 9.17) is 11.6 Å². The lowest BCUT2D eigenvalue weighted by Crippen LogP contribution is -2.22. The summed E-state index contributed by atoms with van der Waals surface area (Å²) in [6.45, 7) is 10.4. The van der Waals surface area contributed by atoms with Crippen molar-refractivity contribution in [2.45, 2.75) is 46.1 Å². The molecule has 0 amide bonds. The molecule has 0 aliphatic carbocycles. The molecule has 0 radical (unpaired) electrons. The molecule has 2 heterocycles. The van der Waals surface area contributed by atoms with Gasteiger partial charge in [0.1, 0.15) is 11.8 Å². The lowest BCUT2D eigenvalue weighted by molar-refractivity contribution is 0.406. The molecule has 0 unspecified atom stereocenters. The molecular formula is C12H17ClN4. The maximum atomic E-state index is 6.21. The molecule has 0 spiro atoms. The molecule has 0 aliphatic rings. The third kappa shape index (κ3) is 2.02. The van der Waals surface area contributed by atoms with E-state index in [1.54, 1.807) is 6.33 Å². The number of fused-ring (bicyclic) bond motifs is 1. The van der Waals surface area contributed by atoms with E-state index in [1.165, 1.54) is 0 Å². The van der Waals surface area contributed by atoms with Gasteiger partial charge in [-0.2, -0.15) is 0 Å². The van der Waals surface area contributed by atoms with Gasteiger partial charge in [-0.15, -0.1) is 0 Å². The summed E-state index contributed by atoms with van der Waals surface area (Å²) >= 11 is 6.21. The van der Waals surface area contributed by atoms with Crippen molar-refractivity contribution in [3.8, 4) is 0 Å². The molecular weight excluding hydrogens is 236 g/mol. The van der Waals surface area contributed by atoms with Crippen molar-refractivity contribution < 1.29 is 0 Å². The molecule has 5 heteroatoms. The smallest absolute Gasteiger partial charge is 0.205 e. The average molecular weight is 253 g/mol. The fourth-order valence-corrected chi connectivity index (χ4v) is 2.32. The Bertz CT molecular complexity index is 551. The van der Waals surface area contributed by atoms with E-state index >= 15 is 0 Å². The topological polar surface area (TPSA) is 43.6 Å². The van der Waals surface area contributed by atoms with Crippen molar-refractivity contribution >= 4 is 22.8 Å². The molecule has 2 rings (SSSR count). The average Bonchev–Trinajstić information content (AvgIpc) is 2.51. The largest absolute Gasteiger partial charge is 0.294 e. The van der Waals surface area contributed by atoms with Crippen LogP contribution in [0.5, 0.6) is 0 Å². The van der Waals surface area contributed by atoms with Gasteiger partial charge in [-0.3, -0.25) is 4.57 Å². The number of hydrogen-bond acceptors (Lipinski definition) is 3. The SMILES string of the molecule is CC(C)c1ncnc2c1nc(Cl)n2C(C)(C)C. The Hall–Kier alpha value is -1.16. The van der Waals surface area contributed by atoms with E-state index in [1.807, 2.05) is 4.57 Å². The quantitative estimate of drug-likeness (QED) is 0.731. The Kier molecular flexibility index (Phi) is 2.86. The third-order valence-corrected chi connectivity index (χ3v) is 2.90. The van der Waals surface area contributed by atoms with Crippen LogP contribution in [0.1, 0.15) is 46.2 Å². The number of imidazole rings is 1. The Balaban J connectivity index is 2.81. The first-order chi connectivity index (χ1) is 7.82. The van der Waals surface area contributed by atoms with E-state index < -0.39 is 0 Å². The van der Waals surface area contributed by atoms with Crippen LogP contribution in [0.25, 0.3) is 11.2 Å². The van der Waals surface area contributed by atoms with Crippen LogP contribution < -0.4 is 0 Å². The number of rotatable bonds is 1. The van der Waals surface area contributed by atoms with Crippen LogP contribution >= 0.6 is 11.6 Å². The van der Waals surface area contributed by atoms with Gasteiger partial charge in [-0.05, 0) is 38.3 Å². The van der Waals surface area contributed by atoms with Gasteiger partial charge in [0.05, 0.1) is 5.69 Å². The molecule has 0 aromatic carbocycles. The second-order valence-electron chi connectivity index (χ2n) is 5.47. The molecule has 17 heavy (non-hydrogen) atoms. The van der Waals surface area contributed by atoms with Crippen LogP contribution in [-0.4, -0.2) is 19.5 Å². The maximum Gasteiger partial charge on any atom is 0.205 e. The summed E-state index contributed by atoms with van der Waals surface area (Å²) in [6.07, 6.45) is 1.58. The van der Waals surface area contributed by atoms with Crippen molar-refractivity contribution in [2.24, 2.45) is 0 Å². The van der Waals surface area contributed by atoms with E-state index in [2.05, 4.69) is 49.6 Å². The highest BCUT2D eigenvalue weighted by molar-refractivity contribution is 6.29. The minimum absolute atomic E-state index is 0.144. The van der Waals surface area contributed by atoms with Gasteiger partial charge in [0, 0.05) is 5.54 Å². The molecule has 2 aromatic rings. The molecule has 0 fully saturated rings. The standard InChI is InChI=1S/C12H17ClN4/c1-7(2)8-9-10(15-6-14-8)17(11(13)16-9)12(3,4)5/h6-7H,1-5H3. The first-order valence-electron chi connectivity index (χ1n) is 5.71. The van der Waals surface area contributed by atoms with Crippen LogP contribution in [0.3, 0.4) is 0 Å². The summed E-state index contributed by atoms with van der Waals surface area (Å²) in [6, 6.07) is 0. The summed E-state index contributed by atoms with van der Waals surface area (Å²) in [4.78, 5) is 13.0. The molecule has 0 N–H and O–H groups in total. The van der Waals surface area contributed by atoms with Gasteiger partial charge in [0.25, 0.3) is 0 Å². The fraction of sp³-hybridized carbons (Fsp3) is 0.583. The molecule has 0 bridgehead atoms. The maximum absolute atomic E-state index is 6.21. The van der Waals surface area contributed by atoms with Crippen molar-refractivity contribution in [3.63, 3.8) is 0 Å². The lowest BCUT2D eigenvalue weighted by atomic mass is 10.1. The molecule has 0 saturated carbocycles. The molecule has 0 atom stereocenters. The van der Waals surface area contributed by atoms with Gasteiger partial charge in [-0.25, -0.2) is 15.0 Å². The minimum Gasteiger partial charge on any atom is -0.294 e. The molecule has 2 aromatic heterocycles. The summed E-state index contributed by atoms with van der Waals surface area (Å²) in [7, 11) is 0. The molecule has 0 saturated heterocycles. The van der Waals surface area contributed by atoms with Gasteiger partial charge >= 0.3 is 0 Å². The number of hydrogen-bond donors (Lipinski definition) is 0. The van der Waals surface area contributed by atoms with Crippen molar-refractivity contribution in [1.82, 2.24) is 19.5 Å². The second kappa shape index (κ2) is 3.95. The number of halogens is 1. The predicted molar refractivity (Wildman–Crippen MR) is 69.4 cm³/mol. The van der Waals surface area contributed by atoms with Crippen LogP contribution in [0.4, 0.5) is 0 Å². The Morgan fingerprint density at radius 1 is 1.24 bits per heavy atom. The Morgan fingerprint density at radius 2 is 1.88 bits per heavy atom. The zero-order chi connectivity index (χ0) is 12.8. The summed E-state index contributed by atoms with van der Waals surface area (Å²) in [5.41, 5.74) is 2.41. The van der Waals surface area contributed by atoms with Gasteiger partial charge < -0.3 is 0 Å².